The summed E-state index contributed by atoms with van der Waals surface area (Å²) in [5.41, 5.74) is 2.10. The Balaban J connectivity index is 1.66. The summed E-state index contributed by atoms with van der Waals surface area (Å²) >= 11 is 6.73. The standard InChI is InChI=1S/C17H22N4O2S2/c1-11(2)9-15(22)19-16(24)20-17-18-13-4-3-12(10-14(13)25-17)21-5-7-23-8-6-21/h3-4,10-11H,5-9H2,1-2H3,(H2,18,19,20,22,24). The molecule has 1 aliphatic rings. The van der Waals surface area contributed by atoms with Crippen LogP contribution in [0.3, 0.4) is 0 Å². The average molecular weight is 379 g/mol. The molecule has 3 rings (SSSR count). The van der Waals surface area contributed by atoms with E-state index in [2.05, 4.69) is 32.7 Å². The molecular formula is C17H22N4O2S2. The lowest BCUT2D eigenvalue weighted by atomic mass is 10.1. The number of nitrogens with zero attached hydrogens (tertiary/aromatic N) is 2. The highest BCUT2D eigenvalue weighted by Gasteiger charge is 2.14. The van der Waals surface area contributed by atoms with Crippen molar-refractivity contribution in [3.05, 3.63) is 18.2 Å². The van der Waals surface area contributed by atoms with E-state index in [9.17, 15) is 4.79 Å². The topological polar surface area (TPSA) is 66.5 Å². The molecule has 0 radical (unpaired) electrons. The normalized spacial score (nSPS) is 14.8. The molecule has 2 heterocycles. The number of morpholine rings is 1. The Morgan fingerprint density at radius 2 is 2.16 bits per heavy atom. The Kier molecular flexibility index (Phi) is 5.82. The Labute approximate surface area is 156 Å². The second-order valence-corrected chi connectivity index (χ2v) is 7.81. The molecule has 8 heteroatoms. The summed E-state index contributed by atoms with van der Waals surface area (Å²) in [6.45, 7) is 7.32. The molecule has 0 spiro atoms. The Morgan fingerprint density at radius 1 is 1.40 bits per heavy atom. The van der Waals surface area contributed by atoms with E-state index in [0.29, 0.717) is 17.5 Å². The van der Waals surface area contributed by atoms with Crippen LogP contribution in [0, 0.1) is 5.92 Å². The van der Waals surface area contributed by atoms with Crippen LogP contribution in [0.5, 0.6) is 0 Å². The number of hydrogen-bond donors (Lipinski definition) is 2. The number of amides is 1. The number of thiocarbonyl (C=S) groups is 1. The number of thiazole rings is 1. The molecular weight excluding hydrogens is 356 g/mol. The van der Waals surface area contributed by atoms with Crippen molar-refractivity contribution in [2.75, 3.05) is 36.5 Å². The highest BCUT2D eigenvalue weighted by molar-refractivity contribution is 7.80. The molecule has 2 aromatic rings. The highest BCUT2D eigenvalue weighted by Crippen LogP contribution is 2.30. The minimum absolute atomic E-state index is 0.0804. The highest BCUT2D eigenvalue weighted by atomic mass is 32.1. The zero-order valence-corrected chi connectivity index (χ0v) is 16.0. The van der Waals surface area contributed by atoms with Gasteiger partial charge in [0, 0.05) is 25.2 Å². The van der Waals surface area contributed by atoms with Gasteiger partial charge in [0.05, 0.1) is 23.4 Å². The van der Waals surface area contributed by atoms with E-state index in [1.165, 1.54) is 17.0 Å². The fourth-order valence-corrected chi connectivity index (χ4v) is 3.84. The quantitative estimate of drug-likeness (QED) is 0.798. The number of carbonyl (C=O) groups is 1. The van der Waals surface area contributed by atoms with E-state index in [4.69, 9.17) is 17.0 Å². The van der Waals surface area contributed by atoms with Crippen LogP contribution in [0.2, 0.25) is 0 Å². The van der Waals surface area contributed by atoms with Crippen LogP contribution in [0.15, 0.2) is 18.2 Å². The molecule has 6 nitrogen and oxygen atoms in total. The monoisotopic (exact) mass is 378 g/mol. The van der Waals surface area contributed by atoms with Gasteiger partial charge in [-0.2, -0.15) is 0 Å². The molecule has 1 fully saturated rings. The number of hydrogen-bond acceptors (Lipinski definition) is 6. The van der Waals surface area contributed by atoms with Crippen LogP contribution < -0.4 is 15.5 Å². The summed E-state index contributed by atoms with van der Waals surface area (Å²) in [6, 6.07) is 6.24. The smallest absolute Gasteiger partial charge is 0.226 e. The molecule has 1 amide bonds. The molecule has 0 aliphatic carbocycles. The van der Waals surface area contributed by atoms with Crippen LogP contribution >= 0.6 is 23.6 Å². The van der Waals surface area contributed by atoms with Crippen LogP contribution in [-0.2, 0) is 9.53 Å². The van der Waals surface area contributed by atoms with Crippen molar-refractivity contribution in [2.45, 2.75) is 20.3 Å². The fourth-order valence-electron chi connectivity index (χ4n) is 2.66. The van der Waals surface area contributed by atoms with Crippen LogP contribution in [0.1, 0.15) is 20.3 Å². The van der Waals surface area contributed by atoms with Gasteiger partial charge in [-0.1, -0.05) is 25.2 Å². The summed E-state index contributed by atoms with van der Waals surface area (Å²) in [4.78, 5) is 18.6. The summed E-state index contributed by atoms with van der Waals surface area (Å²) in [6.07, 6.45) is 0.449. The van der Waals surface area contributed by atoms with Gasteiger partial charge in [0.15, 0.2) is 10.2 Å². The lowest BCUT2D eigenvalue weighted by Gasteiger charge is -2.28. The van der Waals surface area contributed by atoms with Gasteiger partial charge >= 0.3 is 0 Å². The minimum atomic E-state index is -0.0804. The lowest BCUT2D eigenvalue weighted by Crippen LogP contribution is -2.36. The van der Waals surface area contributed by atoms with Crippen molar-refractivity contribution < 1.29 is 9.53 Å². The molecule has 134 valence electrons. The Morgan fingerprint density at radius 3 is 2.88 bits per heavy atom. The van der Waals surface area contributed by atoms with Gasteiger partial charge in [-0.05, 0) is 36.3 Å². The number of fused-ring (bicyclic) bond motifs is 1. The van der Waals surface area contributed by atoms with Gasteiger partial charge in [-0.15, -0.1) is 0 Å². The molecule has 1 saturated heterocycles. The maximum Gasteiger partial charge on any atom is 0.226 e. The van der Waals surface area contributed by atoms with Crippen LogP contribution in [0.25, 0.3) is 10.2 Å². The van der Waals surface area contributed by atoms with E-state index in [0.717, 1.165) is 36.5 Å². The predicted octanol–water partition coefficient (Wildman–Crippen LogP) is 2.99. The number of ether oxygens (including phenoxy) is 1. The molecule has 0 bridgehead atoms. The molecule has 0 unspecified atom stereocenters. The zero-order chi connectivity index (χ0) is 17.8. The second-order valence-electron chi connectivity index (χ2n) is 6.37. The first kappa shape index (κ1) is 18.0. The number of nitrogens with one attached hydrogen (secondary N) is 2. The van der Waals surface area contributed by atoms with Gasteiger partial charge in [0.25, 0.3) is 0 Å². The van der Waals surface area contributed by atoms with E-state index in [-0.39, 0.29) is 11.0 Å². The van der Waals surface area contributed by atoms with Crippen molar-refractivity contribution in [1.29, 1.82) is 0 Å². The lowest BCUT2D eigenvalue weighted by molar-refractivity contribution is -0.120. The van der Waals surface area contributed by atoms with Crippen molar-refractivity contribution in [1.82, 2.24) is 10.3 Å². The first-order chi connectivity index (χ1) is 12.0. The first-order valence-electron chi connectivity index (χ1n) is 8.35. The molecule has 1 aromatic heterocycles. The number of rotatable bonds is 4. The van der Waals surface area contributed by atoms with E-state index >= 15 is 0 Å². The summed E-state index contributed by atoms with van der Waals surface area (Å²) in [5.74, 6) is 0.215. The Hall–Kier alpha value is -1.77. The molecule has 1 aliphatic heterocycles. The Bertz CT molecular complexity index is 769. The molecule has 0 atom stereocenters. The third-order valence-corrected chi connectivity index (χ3v) is 4.95. The zero-order valence-electron chi connectivity index (χ0n) is 14.4. The van der Waals surface area contributed by atoms with Crippen molar-refractivity contribution in [2.24, 2.45) is 5.92 Å². The number of anilines is 2. The van der Waals surface area contributed by atoms with E-state index in [1.54, 1.807) is 0 Å². The third-order valence-electron chi connectivity index (χ3n) is 3.82. The maximum atomic E-state index is 11.8. The van der Waals surface area contributed by atoms with E-state index in [1.807, 2.05) is 19.9 Å². The van der Waals surface area contributed by atoms with Crippen LogP contribution in [-0.4, -0.2) is 42.3 Å². The van der Waals surface area contributed by atoms with Crippen molar-refractivity contribution in [3.8, 4) is 0 Å². The summed E-state index contributed by atoms with van der Waals surface area (Å²) in [7, 11) is 0. The summed E-state index contributed by atoms with van der Waals surface area (Å²) in [5, 5.41) is 6.68. The number of aromatic nitrogens is 1. The van der Waals surface area contributed by atoms with Crippen molar-refractivity contribution >= 4 is 55.6 Å². The number of carbonyl (C=O) groups excluding carboxylic acids is 1. The fraction of sp³-hybridized carbons (Fsp3) is 0.471. The predicted molar refractivity (Wildman–Crippen MR) is 106 cm³/mol. The number of benzene rings is 1. The third kappa shape index (κ3) is 4.87. The average Bonchev–Trinajstić information content (AvgIpc) is 2.95. The first-order valence-corrected chi connectivity index (χ1v) is 9.58. The molecule has 25 heavy (non-hydrogen) atoms. The molecule has 0 saturated carbocycles. The maximum absolute atomic E-state index is 11.8. The molecule has 2 N–H and O–H groups in total. The minimum Gasteiger partial charge on any atom is -0.378 e. The van der Waals surface area contributed by atoms with Gasteiger partial charge in [0.1, 0.15) is 0 Å². The van der Waals surface area contributed by atoms with Crippen molar-refractivity contribution in [3.63, 3.8) is 0 Å². The van der Waals surface area contributed by atoms with Gasteiger partial charge < -0.3 is 20.3 Å². The summed E-state index contributed by atoms with van der Waals surface area (Å²) < 4.78 is 6.49. The van der Waals surface area contributed by atoms with Crippen LogP contribution in [0.4, 0.5) is 10.8 Å². The van der Waals surface area contributed by atoms with E-state index < -0.39 is 0 Å². The largest absolute Gasteiger partial charge is 0.378 e. The SMILES string of the molecule is CC(C)CC(=O)NC(=S)Nc1nc2ccc(N3CCOCC3)cc2s1. The van der Waals surface area contributed by atoms with Gasteiger partial charge in [-0.25, -0.2) is 4.98 Å². The second kappa shape index (κ2) is 8.07. The molecule has 1 aromatic carbocycles. The van der Waals surface area contributed by atoms with Gasteiger partial charge in [0.2, 0.25) is 5.91 Å². The van der Waals surface area contributed by atoms with Gasteiger partial charge in [-0.3, -0.25) is 4.79 Å².